The van der Waals surface area contributed by atoms with Crippen LogP contribution in [-0.2, 0) is 22.6 Å². The molecule has 0 aliphatic heterocycles. The number of likely N-dealkylation sites (N-methyl/N-ethyl adjacent to an activating group) is 1. The van der Waals surface area contributed by atoms with E-state index in [9.17, 15) is 19.2 Å². The minimum absolute atomic E-state index is 0.0489. The van der Waals surface area contributed by atoms with Crippen LogP contribution in [0, 0.1) is 5.92 Å². The fraction of sp³-hybridized carbons (Fsp3) is 0.333. The summed E-state index contributed by atoms with van der Waals surface area (Å²) in [4.78, 5) is 64.3. The summed E-state index contributed by atoms with van der Waals surface area (Å²) in [7, 11) is 3.26. The van der Waals surface area contributed by atoms with E-state index in [-0.39, 0.29) is 30.5 Å². The standard InChI is InChI=1S/C30H35N7O5/c1-19(2)17-20-9-7-11-21-26(20)35-24(32-21)18-37-15-8-12-23(30(37)41)34-27(39)22(10-5-6-13-25(38)36(3)4)33-28(40)29-31-14-16-42-29/h6-9,11-16,19,22H,5,10,17-18H2,1-4H3,(H,32,35)(H,33,40)(H,34,39)/b13-6+. The number of H-pyrrole nitrogens is 1. The number of carbonyl (C=O) groups excluding carboxylic acids is 3. The number of aromatic nitrogens is 4. The van der Waals surface area contributed by atoms with Gasteiger partial charge in [0.2, 0.25) is 11.8 Å². The van der Waals surface area contributed by atoms with E-state index < -0.39 is 23.4 Å². The highest BCUT2D eigenvalue weighted by molar-refractivity contribution is 5.99. The number of oxazole rings is 1. The molecule has 3 heterocycles. The van der Waals surface area contributed by atoms with Crippen molar-refractivity contribution in [3.8, 4) is 0 Å². The number of hydrogen-bond acceptors (Lipinski definition) is 7. The number of nitrogens with zero attached hydrogens (tertiary/aromatic N) is 4. The Balaban J connectivity index is 1.50. The average Bonchev–Trinajstić information content (AvgIpc) is 3.63. The van der Waals surface area contributed by atoms with Gasteiger partial charge in [-0.25, -0.2) is 9.97 Å². The minimum Gasteiger partial charge on any atom is -0.441 e. The highest BCUT2D eigenvalue weighted by atomic mass is 16.3. The topological polar surface area (TPSA) is 155 Å². The summed E-state index contributed by atoms with van der Waals surface area (Å²) < 4.78 is 6.49. The Morgan fingerprint density at radius 1 is 1.17 bits per heavy atom. The normalized spacial score (nSPS) is 12.1. The first-order valence-corrected chi connectivity index (χ1v) is 13.7. The molecule has 1 atom stereocenters. The first kappa shape index (κ1) is 30.0. The Labute approximate surface area is 242 Å². The van der Waals surface area contributed by atoms with Crippen molar-refractivity contribution >= 4 is 34.4 Å². The van der Waals surface area contributed by atoms with Gasteiger partial charge in [-0.15, -0.1) is 0 Å². The van der Waals surface area contributed by atoms with Gasteiger partial charge in [0.05, 0.1) is 23.8 Å². The second-order valence-corrected chi connectivity index (χ2v) is 10.5. The summed E-state index contributed by atoms with van der Waals surface area (Å²) in [6, 6.07) is 8.11. The van der Waals surface area contributed by atoms with Crippen LogP contribution in [0.15, 0.2) is 70.4 Å². The minimum atomic E-state index is -1.04. The molecule has 3 N–H and O–H groups in total. The number of para-hydroxylation sites is 1. The zero-order valence-electron chi connectivity index (χ0n) is 24.1. The number of anilines is 1. The third kappa shape index (κ3) is 7.59. The fourth-order valence-corrected chi connectivity index (χ4v) is 4.38. The molecule has 1 unspecified atom stereocenters. The van der Waals surface area contributed by atoms with Crippen molar-refractivity contribution < 1.29 is 18.8 Å². The fourth-order valence-electron chi connectivity index (χ4n) is 4.38. The Kier molecular flexibility index (Phi) is 9.69. The van der Waals surface area contributed by atoms with Crippen LogP contribution in [0.1, 0.15) is 48.8 Å². The first-order valence-electron chi connectivity index (χ1n) is 13.7. The highest BCUT2D eigenvalue weighted by Gasteiger charge is 2.24. The molecule has 4 aromatic rings. The van der Waals surface area contributed by atoms with Crippen molar-refractivity contribution in [3.63, 3.8) is 0 Å². The molecule has 0 saturated heterocycles. The molecule has 0 aliphatic carbocycles. The SMILES string of the molecule is CC(C)Cc1cccc2[nH]c(Cn3cccc(NC(=O)C(CC/C=C/C(=O)N(C)C)NC(=O)c4ncco4)c3=O)nc12. The van der Waals surface area contributed by atoms with Crippen LogP contribution in [0.2, 0.25) is 0 Å². The molecule has 0 aliphatic rings. The zero-order valence-corrected chi connectivity index (χ0v) is 24.1. The lowest BCUT2D eigenvalue weighted by molar-refractivity contribution is -0.123. The molecule has 12 heteroatoms. The molecular formula is C30H35N7O5. The lowest BCUT2D eigenvalue weighted by atomic mass is 10.0. The van der Waals surface area contributed by atoms with Crippen molar-refractivity contribution in [2.45, 2.75) is 45.7 Å². The largest absolute Gasteiger partial charge is 0.441 e. The predicted octanol–water partition coefficient (Wildman–Crippen LogP) is 3.12. The molecule has 0 spiro atoms. The Hall–Kier alpha value is -5.00. The molecule has 4 rings (SSSR count). The van der Waals surface area contributed by atoms with Crippen LogP contribution in [0.25, 0.3) is 11.0 Å². The summed E-state index contributed by atoms with van der Waals surface area (Å²) in [5.41, 5.74) is 2.53. The van der Waals surface area contributed by atoms with Gasteiger partial charge in [0, 0.05) is 20.3 Å². The maximum absolute atomic E-state index is 13.3. The van der Waals surface area contributed by atoms with E-state index in [0.717, 1.165) is 23.0 Å². The molecule has 1 aromatic carbocycles. The Bertz CT molecular complexity index is 1630. The molecule has 0 saturated carbocycles. The van der Waals surface area contributed by atoms with Gasteiger partial charge in [-0.05, 0) is 55.0 Å². The number of pyridine rings is 1. The first-order chi connectivity index (χ1) is 20.1. The van der Waals surface area contributed by atoms with Crippen LogP contribution in [0.5, 0.6) is 0 Å². The molecule has 3 aromatic heterocycles. The summed E-state index contributed by atoms with van der Waals surface area (Å²) in [5, 5.41) is 5.24. The van der Waals surface area contributed by atoms with E-state index in [1.54, 1.807) is 32.4 Å². The van der Waals surface area contributed by atoms with Crippen molar-refractivity contribution in [2.75, 3.05) is 19.4 Å². The third-order valence-electron chi connectivity index (χ3n) is 6.44. The molecule has 0 radical (unpaired) electrons. The summed E-state index contributed by atoms with van der Waals surface area (Å²) >= 11 is 0. The zero-order chi connectivity index (χ0) is 30.2. The average molecular weight is 574 g/mol. The molecule has 12 nitrogen and oxygen atoms in total. The second-order valence-electron chi connectivity index (χ2n) is 10.5. The van der Waals surface area contributed by atoms with Crippen molar-refractivity contribution in [1.82, 2.24) is 29.7 Å². The maximum atomic E-state index is 13.3. The maximum Gasteiger partial charge on any atom is 0.307 e. The molecule has 3 amide bonds. The Morgan fingerprint density at radius 2 is 1.98 bits per heavy atom. The van der Waals surface area contributed by atoms with Gasteiger partial charge in [-0.1, -0.05) is 32.1 Å². The number of imidazole rings is 1. The van der Waals surface area contributed by atoms with Gasteiger partial charge in [0.25, 0.3) is 11.4 Å². The van der Waals surface area contributed by atoms with Gasteiger partial charge in [0.1, 0.15) is 23.8 Å². The lowest BCUT2D eigenvalue weighted by Crippen LogP contribution is -2.44. The number of carbonyl (C=O) groups is 3. The van der Waals surface area contributed by atoms with Crippen molar-refractivity contribution in [1.29, 1.82) is 0 Å². The van der Waals surface area contributed by atoms with E-state index in [0.29, 0.717) is 18.2 Å². The van der Waals surface area contributed by atoms with Crippen molar-refractivity contribution in [2.24, 2.45) is 5.92 Å². The number of fused-ring (bicyclic) bond motifs is 1. The molecule has 220 valence electrons. The van der Waals surface area contributed by atoms with Crippen LogP contribution in [0.3, 0.4) is 0 Å². The van der Waals surface area contributed by atoms with Gasteiger partial charge in [-0.3, -0.25) is 19.2 Å². The van der Waals surface area contributed by atoms with E-state index >= 15 is 0 Å². The number of hydrogen-bond donors (Lipinski definition) is 3. The van der Waals surface area contributed by atoms with Crippen LogP contribution >= 0.6 is 0 Å². The van der Waals surface area contributed by atoms with Gasteiger partial charge in [-0.2, -0.15) is 0 Å². The Morgan fingerprint density at radius 3 is 2.69 bits per heavy atom. The van der Waals surface area contributed by atoms with Crippen LogP contribution < -0.4 is 16.2 Å². The number of aromatic amines is 1. The summed E-state index contributed by atoms with van der Waals surface area (Å²) in [5.74, 6) is -0.596. The van der Waals surface area contributed by atoms with Gasteiger partial charge >= 0.3 is 5.91 Å². The predicted molar refractivity (Wildman–Crippen MR) is 158 cm³/mol. The van der Waals surface area contributed by atoms with Crippen LogP contribution in [-0.4, -0.2) is 62.3 Å². The van der Waals surface area contributed by atoms with Crippen molar-refractivity contribution in [3.05, 3.63) is 88.8 Å². The molecule has 0 bridgehead atoms. The van der Waals surface area contributed by atoms with Crippen LogP contribution in [0.4, 0.5) is 5.69 Å². The smallest absolute Gasteiger partial charge is 0.307 e. The van der Waals surface area contributed by atoms with Gasteiger partial charge in [0.15, 0.2) is 0 Å². The molecule has 42 heavy (non-hydrogen) atoms. The van der Waals surface area contributed by atoms with E-state index in [1.165, 1.54) is 34.1 Å². The number of amides is 3. The van der Waals surface area contributed by atoms with E-state index in [1.807, 2.05) is 12.1 Å². The van der Waals surface area contributed by atoms with E-state index in [4.69, 9.17) is 9.40 Å². The number of rotatable bonds is 12. The number of allylic oxidation sites excluding steroid dienone is 1. The lowest BCUT2D eigenvalue weighted by Gasteiger charge is -2.17. The molecule has 0 fully saturated rings. The summed E-state index contributed by atoms with van der Waals surface area (Å²) in [6.07, 6.45) is 8.56. The highest BCUT2D eigenvalue weighted by Crippen LogP contribution is 2.20. The van der Waals surface area contributed by atoms with E-state index in [2.05, 4.69) is 40.5 Å². The number of benzene rings is 1. The quantitative estimate of drug-likeness (QED) is 0.220. The third-order valence-corrected chi connectivity index (χ3v) is 6.44. The monoisotopic (exact) mass is 573 g/mol. The molecular weight excluding hydrogens is 538 g/mol. The van der Waals surface area contributed by atoms with Gasteiger partial charge < -0.3 is 29.5 Å². The summed E-state index contributed by atoms with van der Waals surface area (Å²) in [6.45, 7) is 4.48. The number of nitrogens with one attached hydrogen (secondary N) is 3. The second kappa shape index (κ2) is 13.6.